The number of primary amides is 1. The number of nitrogens with zero attached hydrogens (tertiary/aromatic N) is 2. The molecule has 2 aliphatic rings. The van der Waals surface area contributed by atoms with E-state index in [2.05, 4.69) is 5.32 Å². The summed E-state index contributed by atoms with van der Waals surface area (Å²) in [6.07, 6.45) is 0. The number of carbonyl (C=O) groups is 4. The second kappa shape index (κ2) is 8.82. The van der Waals surface area contributed by atoms with Gasteiger partial charge in [-0.05, 0) is 24.6 Å². The molecule has 178 valence electrons. The zero-order valence-electron chi connectivity index (χ0n) is 18.5. The van der Waals surface area contributed by atoms with Crippen LogP contribution in [0.2, 0.25) is 0 Å². The van der Waals surface area contributed by atoms with Gasteiger partial charge in [0.15, 0.2) is 0 Å². The summed E-state index contributed by atoms with van der Waals surface area (Å²) in [5, 5.41) is 2.28. The first kappa shape index (κ1) is 23.1. The van der Waals surface area contributed by atoms with Crippen molar-refractivity contribution < 1.29 is 19.2 Å². The van der Waals surface area contributed by atoms with Gasteiger partial charge in [-0.25, -0.2) is 4.79 Å². The highest BCUT2D eigenvalue weighted by atomic mass is 32.2. The zero-order valence-corrected chi connectivity index (χ0v) is 20.1. The van der Waals surface area contributed by atoms with Gasteiger partial charge >= 0.3 is 10.9 Å². The highest BCUT2D eigenvalue weighted by Crippen LogP contribution is 2.53. The lowest BCUT2D eigenvalue weighted by Gasteiger charge is -2.30. The van der Waals surface area contributed by atoms with E-state index < -0.39 is 40.8 Å². The summed E-state index contributed by atoms with van der Waals surface area (Å²) >= 11 is 1.97. The SMILES string of the molecule is Cc1ccc(NC(=O)Cn2c3c(sc2=O)[C@@H](c2ccccc2)C2C(=O)N(C(N)=O)C(=O)C2S3)cc1. The van der Waals surface area contributed by atoms with Crippen molar-refractivity contribution in [3.05, 3.63) is 80.3 Å². The molecule has 3 atom stereocenters. The van der Waals surface area contributed by atoms with E-state index in [1.54, 1.807) is 24.3 Å². The lowest BCUT2D eigenvalue weighted by Crippen LogP contribution is -2.41. The van der Waals surface area contributed by atoms with Crippen LogP contribution in [0.15, 0.2) is 64.4 Å². The largest absolute Gasteiger partial charge is 0.351 e. The van der Waals surface area contributed by atoms with Crippen LogP contribution in [0, 0.1) is 12.8 Å². The van der Waals surface area contributed by atoms with E-state index in [-0.39, 0.29) is 11.4 Å². The van der Waals surface area contributed by atoms with Gasteiger partial charge in [0.05, 0.1) is 10.9 Å². The van der Waals surface area contributed by atoms with E-state index in [1.165, 1.54) is 4.57 Å². The number of imide groups is 3. The molecule has 3 heterocycles. The van der Waals surface area contributed by atoms with Crippen molar-refractivity contribution in [2.75, 3.05) is 5.32 Å². The van der Waals surface area contributed by atoms with Crippen LogP contribution in [0.25, 0.3) is 0 Å². The molecule has 5 amide bonds. The van der Waals surface area contributed by atoms with Crippen LogP contribution in [-0.2, 0) is 20.9 Å². The van der Waals surface area contributed by atoms with Crippen LogP contribution < -0.4 is 15.9 Å². The normalized spacial score (nSPS) is 20.9. The molecule has 0 bridgehead atoms. The molecular formula is C24H20N4O5S2. The van der Waals surface area contributed by atoms with E-state index in [0.29, 0.717) is 20.5 Å². The number of anilines is 1. The van der Waals surface area contributed by atoms with Gasteiger partial charge in [-0.3, -0.25) is 23.7 Å². The van der Waals surface area contributed by atoms with E-state index in [1.807, 2.05) is 37.3 Å². The van der Waals surface area contributed by atoms with E-state index in [4.69, 9.17) is 5.73 Å². The second-order valence-corrected chi connectivity index (χ2v) is 10.5. The maximum atomic E-state index is 13.1. The fourth-order valence-corrected chi connectivity index (χ4v) is 7.25. The Balaban J connectivity index is 1.55. The number of nitrogens with one attached hydrogen (secondary N) is 1. The third-order valence-corrected chi connectivity index (χ3v) is 8.67. The Morgan fingerprint density at radius 2 is 1.69 bits per heavy atom. The Bertz CT molecular complexity index is 1410. The van der Waals surface area contributed by atoms with Crippen molar-refractivity contribution in [1.29, 1.82) is 0 Å². The number of aromatic nitrogens is 1. The molecule has 35 heavy (non-hydrogen) atoms. The van der Waals surface area contributed by atoms with E-state index in [9.17, 15) is 24.0 Å². The number of amides is 5. The maximum absolute atomic E-state index is 13.1. The summed E-state index contributed by atoms with van der Waals surface area (Å²) < 4.78 is 1.32. The Labute approximate surface area is 207 Å². The molecule has 2 aromatic carbocycles. The quantitative estimate of drug-likeness (QED) is 0.521. The fraction of sp³-hybridized carbons (Fsp3) is 0.208. The van der Waals surface area contributed by atoms with E-state index >= 15 is 0 Å². The third kappa shape index (κ3) is 3.96. The van der Waals surface area contributed by atoms with Crippen LogP contribution in [0.5, 0.6) is 0 Å². The molecule has 1 fully saturated rings. The molecule has 0 spiro atoms. The van der Waals surface area contributed by atoms with E-state index in [0.717, 1.165) is 34.2 Å². The van der Waals surface area contributed by atoms with Gasteiger partial charge in [0.25, 0.3) is 5.91 Å². The Morgan fingerprint density at radius 1 is 1.00 bits per heavy atom. The van der Waals surface area contributed by atoms with Crippen LogP contribution in [0.3, 0.4) is 0 Å². The minimum absolute atomic E-state index is 0.258. The van der Waals surface area contributed by atoms with Gasteiger partial charge in [-0.2, -0.15) is 4.90 Å². The number of urea groups is 1. The molecule has 5 rings (SSSR count). The Kier molecular flexibility index (Phi) is 5.81. The number of carbonyl (C=O) groups excluding carboxylic acids is 4. The highest BCUT2D eigenvalue weighted by molar-refractivity contribution is 8.00. The molecule has 0 radical (unpaired) electrons. The predicted octanol–water partition coefficient (Wildman–Crippen LogP) is 2.53. The number of hydrogen-bond acceptors (Lipinski definition) is 7. The zero-order chi connectivity index (χ0) is 24.9. The topological polar surface area (TPSA) is 132 Å². The number of thiazole rings is 1. The first-order valence-corrected chi connectivity index (χ1v) is 12.4. The van der Waals surface area contributed by atoms with Gasteiger partial charge < -0.3 is 11.1 Å². The number of hydrogen-bond donors (Lipinski definition) is 2. The molecule has 0 saturated carbocycles. The third-order valence-electron chi connectivity index (χ3n) is 6.07. The minimum atomic E-state index is -1.12. The number of fused-ring (bicyclic) bond motifs is 2. The van der Waals surface area contributed by atoms with Gasteiger partial charge in [0.1, 0.15) is 11.8 Å². The molecular weight excluding hydrogens is 488 g/mol. The summed E-state index contributed by atoms with van der Waals surface area (Å²) in [5.74, 6) is -3.30. The number of nitrogens with two attached hydrogens (primary N) is 1. The van der Waals surface area contributed by atoms with Crippen molar-refractivity contribution in [2.45, 2.75) is 29.7 Å². The molecule has 3 N–H and O–H groups in total. The lowest BCUT2D eigenvalue weighted by atomic mass is 9.83. The molecule has 1 saturated heterocycles. The average molecular weight is 509 g/mol. The number of thioether (sulfide) groups is 1. The minimum Gasteiger partial charge on any atom is -0.351 e. The number of benzene rings is 2. The molecule has 9 nitrogen and oxygen atoms in total. The van der Waals surface area contributed by atoms with Crippen LogP contribution >= 0.6 is 23.1 Å². The summed E-state index contributed by atoms with van der Waals surface area (Å²) in [5.41, 5.74) is 7.71. The van der Waals surface area contributed by atoms with Crippen molar-refractivity contribution >= 4 is 52.5 Å². The average Bonchev–Trinajstić information content (AvgIpc) is 3.27. The first-order valence-electron chi connectivity index (χ1n) is 10.7. The van der Waals surface area contributed by atoms with Crippen LogP contribution in [0.4, 0.5) is 10.5 Å². The molecule has 1 aromatic heterocycles. The lowest BCUT2D eigenvalue weighted by molar-refractivity contribution is -0.135. The predicted molar refractivity (Wildman–Crippen MR) is 131 cm³/mol. The Morgan fingerprint density at radius 3 is 2.34 bits per heavy atom. The number of likely N-dealkylation sites (tertiary alicyclic amines) is 1. The summed E-state index contributed by atoms with van der Waals surface area (Å²) in [4.78, 5) is 64.5. The van der Waals surface area contributed by atoms with Gasteiger partial charge in [0, 0.05) is 16.5 Å². The Hall–Kier alpha value is -3.70. The smallest absolute Gasteiger partial charge is 0.328 e. The standard InChI is InChI=1S/C24H20N4O5S2/c1-12-7-9-14(10-8-12)26-15(29)11-27-22-19(35-24(27)33)16(13-5-3-2-4-6-13)17-18(34-22)21(31)28(20(17)30)23(25)32/h2-10,16-18H,11H2,1H3,(H2,25,32)(H,26,29)/t16-,17?,18?/m0/s1. The maximum Gasteiger partial charge on any atom is 0.328 e. The van der Waals surface area contributed by atoms with Crippen molar-refractivity contribution in [2.24, 2.45) is 11.7 Å². The molecule has 2 aliphatic heterocycles. The number of rotatable bonds is 4. The van der Waals surface area contributed by atoms with Crippen molar-refractivity contribution in [3.63, 3.8) is 0 Å². The molecule has 2 unspecified atom stereocenters. The second-order valence-electron chi connectivity index (χ2n) is 8.34. The van der Waals surface area contributed by atoms with Gasteiger partial charge in [0.2, 0.25) is 11.8 Å². The van der Waals surface area contributed by atoms with Crippen molar-refractivity contribution in [1.82, 2.24) is 9.47 Å². The van der Waals surface area contributed by atoms with Gasteiger partial charge in [-0.15, -0.1) is 0 Å². The highest BCUT2D eigenvalue weighted by Gasteiger charge is 2.57. The molecule has 0 aliphatic carbocycles. The fourth-order valence-electron chi connectivity index (χ4n) is 4.47. The summed E-state index contributed by atoms with van der Waals surface area (Å²) in [6.45, 7) is 1.68. The van der Waals surface area contributed by atoms with Crippen LogP contribution in [-0.4, -0.2) is 38.5 Å². The summed E-state index contributed by atoms with van der Waals surface area (Å²) in [6, 6.07) is 15.2. The molecule has 11 heteroatoms. The molecule has 3 aromatic rings. The number of aryl methyl sites for hydroxylation is 1. The van der Waals surface area contributed by atoms with Crippen LogP contribution in [0.1, 0.15) is 21.9 Å². The first-order chi connectivity index (χ1) is 16.8. The van der Waals surface area contributed by atoms with Gasteiger partial charge in [-0.1, -0.05) is 71.1 Å². The monoisotopic (exact) mass is 508 g/mol. The summed E-state index contributed by atoms with van der Waals surface area (Å²) in [7, 11) is 0. The van der Waals surface area contributed by atoms with Crippen molar-refractivity contribution in [3.8, 4) is 0 Å².